The van der Waals surface area contributed by atoms with Gasteiger partial charge in [-0.3, -0.25) is 0 Å². The fraction of sp³-hybridized carbons (Fsp3) is 0.462. The summed E-state index contributed by atoms with van der Waals surface area (Å²) in [7, 11) is 2.12. The summed E-state index contributed by atoms with van der Waals surface area (Å²) >= 11 is 0. The van der Waals surface area contributed by atoms with Crippen LogP contribution in [0.3, 0.4) is 0 Å². The second kappa shape index (κ2) is 3.69. The molecular weight excluding hydrogens is 186 g/mol. The quantitative estimate of drug-likeness (QED) is 0.590. The normalized spacial score (nSPS) is 15.7. The summed E-state index contributed by atoms with van der Waals surface area (Å²) in [6.45, 7) is 8.15. The standard InChI is InChI=1S/C13H18NO/c1-9-7-10(2)13-11(3)14(4)5-6-15-12(13)8-9/h7-8H,5-6H2,1-4H3/q+1. The summed E-state index contributed by atoms with van der Waals surface area (Å²) in [6, 6.07) is 4.34. The Labute approximate surface area is 91.2 Å². The van der Waals surface area contributed by atoms with Gasteiger partial charge in [-0.05, 0) is 31.0 Å². The summed E-state index contributed by atoms with van der Waals surface area (Å²) < 4.78 is 8.05. The molecule has 0 aromatic heterocycles. The fourth-order valence-corrected chi connectivity index (χ4v) is 2.16. The van der Waals surface area contributed by atoms with Gasteiger partial charge in [0.25, 0.3) is 0 Å². The highest BCUT2D eigenvalue weighted by molar-refractivity contribution is 5.99. The maximum absolute atomic E-state index is 5.79. The summed E-state index contributed by atoms with van der Waals surface area (Å²) in [4.78, 5) is 0. The number of fused-ring (bicyclic) bond motifs is 1. The van der Waals surface area contributed by atoms with E-state index < -0.39 is 0 Å². The number of rotatable bonds is 0. The number of benzene rings is 1. The maximum Gasteiger partial charge on any atom is 0.184 e. The van der Waals surface area contributed by atoms with Gasteiger partial charge in [-0.1, -0.05) is 6.07 Å². The number of likely N-dealkylation sites (N-methyl/N-ethyl adjacent to an activating group) is 1. The van der Waals surface area contributed by atoms with Crippen LogP contribution in [0.25, 0.3) is 0 Å². The summed E-state index contributed by atoms with van der Waals surface area (Å²) in [5, 5.41) is 0. The van der Waals surface area contributed by atoms with Crippen molar-refractivity contribution in [3.63, 3.8) is 0 Å². The molecule has 2 heteroatoms. The Kier molecular flexibility index (Phi) is 2.51. The van der Waals surface area contributed by atoms with Crippen LogP contribution in [0.4, 0.5) is 0 Å². The van der Waals surface area contributed by atoms with E-state index in [1.807, 2.05) is 0 Å². The minimum absolute atomic E-state index is 0.768. The van der Waals surface area contributed by atoms with E-state index in [4.69, 9.17) is 4.74 Å². The Morgan fingerprint density at radius 1 is 1.20 bits per heavy atom. The van der Waals surface area contributed by atoms with Crippen molar-refractivity contribution >= 4 is 5.71 Å². The van der Waals surface area contributed by atoms with E-state index in [1.54, 1.807) is 0 Å². The molecule has 1 aromatic rings. The Morgan fingerprint density at radius 3 is 2.67 bits per heavy atom. The molecule has 0 spiro atoms. The number of nitrogens with zero attached hydrogens (tertiary/aromatic N) is 1. The van der Waals surface area contributed by atoms with Gasteiger partial charge in [0.1, 0.15) is 19.4 Å². The van der Waals surface area contributed by atoms with E-state index in [-0.39, 0.29) is 0 Å². The third-order valence-corrected chi connectivity index (χ3v) is 3.06. The van der Waals surface area contributed by atoms with Crippen molar-refractivity contribution in [2.75, 3.05) is 20.2 Å². The molecule has 0 atom stereocenters. The summed E-state index contributed by atoms with van der Waals surface area (Å²) in [6.07, 6.45) is 0. The van der Waals surface area contributed by atoms with Gasteiger partial charge in [-0.25, -0.2) is 4.58 Å². The van der Waals surface area contributed by atoms with Crippen LogP contribution in [0.5, 0.6) is 5.75 Å². The molecular formula is C13H18NO+. The molecule has 1 aromatic carbocycles. The molecule has 0 radical (unpaired) electrons. The van der Waals surface area contributed by atoms with Gasteiger partial charge < -0.3 is 4.74 Å². The summed E-state index contributed by atoms with van der Waals surface area (Å²) in [5.41, 5.74) is 5.14. The molecule has 15 heavy (non-hydrogen) atoms. The molecule has 1 aliphatic rings. The van der Waals surface area contributed by atoms with Gasteiger partial charge in [0.05, 0.1) is 5.56 Å². The zero-order valence-electron chi connectivity index (χ0n) is 9.92. The predicted octanol–water partition coefficient (Wildman–Crippen LogP) is 2.15. The molecule has 2 nitrogen and oxygen atoms in total. The second-order valence-corrected chi connectivity index (χ2v) is 4.31. The van der Waals surface area contributed by atoms with Crippen molar-refractivity contribution in [2.24, 2.45) is 0 Å². The molecule has 1 aliphatic heterocycles. The van der Waals surface area contributed by atoms with Gasteiger partial charge in [0.15, 0.2) is 12.3 Å². The largest absolute Gasteiger partial charge is 0.486 e. The minimum atomic E-state index is 0.768. The van der Waals surface area contributed by atoms with E-state index >= 15 is 0 Å². The second-order valence-electron chi connectivity index (χ2n) is 4.31. The smallest absolute Gasteiger partial charge is 0.184 e. The van der Waals surface area contributed by atoms with Crippen molar-refractivity contribution in [3.05, 3.63) is 28.8 Å². The van der Waals surface area contributed by atoms with Gasteiger partial charge in [0.2, 0.25) is 0 Å². The first kappa shape index (κ1) is 10.2. The van der Waals surface area contributed by atoms with Gasteiger partial charge >= 0.3 is 0 Å². The molecule has 1 heterocycles. The Morgan fingerprint density at radius 2 is 1.93 bits per heavy atom. The zero-order valence-corrected chi connectivity index (χ0v) is 9.92. The zero-order chi connectivity index (χ0) is 11.0. The lowest BCUT2D eigenvalue weighted by Crippen LogP contribution is -2.18. The van der Waals surface area contributed by atoms with Crippen molar-refractivity contribution in [1.29, 1.82) is 0 Å². The monoisotopic (exact) mass is 204 g/mol. The highest BCUT2D eigenvalue weighted by atomic mass is 16.5. The Hall–Kier alpha value is -1.31. The van der Waals surface area contributed by atoms with Gasteiger partial charge in [0, 0.05) is 6.92 Å². The third kappa shape index (κ3) is 1.76. The molecule has 0 aliphatic carbocycles. The minimum Gasteiger partial charge on any atom is -0.486 e. The molecule has 0 saturated heterocycles. The van der Waals surface area contributed by atoms with Crippen molar-refractivity contribution in [1.82, 2.24) is 0 Å². The molecule has 2 rings (SSSR count). The lowest BCUT2D eigenvalue weighted by molar-refractivity contribution is -0.497. The van der Waals surface area contributed by atoms with Crippen LogP contribution in [0.1, 0.15) is 23.6 Å². The average Bonchev–Trinajstić information content (AvgIpc) is 2.27. The molecule has 0 saturated carbocycles. The molecule has 0 fully saturated rings. The lowest BCUT2D eigenvalue weighted by Gasteiger charge is -2.09. The van der Waals surface area contributed by atoms with Crippen molar-refractivity contribution in [3.8, 4) is 5.75 Å². The van der Waals surface area contributed by atoms with Crippen LogP contribution in [0.2, 0.25) is 0 Å². The van der Waals surface area contributed by atoms with Crippen molar-refractivity contribution < 1.29 is 9.31 Å². The molecule has 80 valence electrons. The van der Waals surface area contributed by atoms with E-state index in [1.165, 1.54) is 22.4 Å². The fourth-order valence-electron chi connectivity index (χ4n) is 2.16. The van der Waals surface area contributed by atoms with Gasteiger partial charge in [-0.2, -0.15) is 0 Å². The van der Waals surface area contributed by atoms with Crippen LogP contribution in [-0.2, 0) is 0 Å². The van der Waals surface area contributed by atoms with Crippen LogP contribution >= 0.6 is 0 Å². The maximum atomic E-state index is 5.79. The van der Waals surface area contributed by atoms with Gasteiger partial charge in [-0.15, -0.1) is 0 Å². The Bertz CT molecular complexity index is 432. The molecule has 0 N–H and O–H groups in total. The van der Waals surface area contributed by atoms with Crippen LogP contribution < -0.4 is 4.74 Å². The van der Waals surface area contributed by atoms with Crippen molar-refractivity contribution in [2.45, 2.75) is 20.8 Å². The van der Waals surface area contributed by atoms with Crippen LogP contribution in [0.15, 0.2) is 12.1 Å². The highest BCUT2D eigenvalue weighted by Crippen LogP contribution is 2.26. The molecule has 0 unspecified atom stereocenters. The van der Waals surface area contributed by atoms with E-state index in [0.717, 1.165) is 18.9 Å². The third-order valence-electron chi connectivity index (χ3n) is 3.06. The molecule has 0 bridgehead atoms. The average molecular weight is 204 g/mol. The first-order valence-corrected chi connectivity index (χ1v) is 5.38. The highest BCUT2D eigenvalue weighted by Gasteiger charge is 2.20. The number of hydrogen-bond acceptors (Lipinski definition) is 1. The van der Waals surface area contributed by atoms with E-state index in [0.29, 0.717) is 0 Å². The number of ether oxygens (including phenoxy) is 1. The lowest BCUT2D eigenvalue weighted by atomic mass is 10.0. The first-order chi connectivity index (χ1) is 7.09. The van der Waals surface area contributed by atoms with E-state index in [9.17, 15) is 0 Å². The number of aryl methyl sites for hydroxylation is 2. The predicted molar refractivity (Wildman–Crippen MR) is 62.2 cm³/mol. The van der Waals surface area contributed by atoms with Crippen LogP contribution in [-0.4, -0.2) is 30.5 Å². The van der Waals surface area contributed by atoms with E-state index in [2.05, 4.69) is 44.5 Å². The number of hydrogen-bond donors (Lipinski definition) is 0. The van der Waals surface area contributed by atoms with Crippen LogP contribution in [0, 0.1) is 13.8 Å². The first-order valence-electron chi connectivity index (χ1n) is 5.38. The summed E-state index contributed by atoms with van der Waals surface area (Å²) in [5.74, 6) is 1.04. The SMILES string of the molecule is CC1=[N+](C)CCOc2cc(C)cc(C)c21. The molecule has 0 amide bonds. The topological polar surface area (TPSA) is 12.2 Å². The Balaban J connectivity index is 2.67.